The standard InChI is InChI=1S/C13H14N2O2S/c16-13(17)8-1-2-9(7-8)15-12-10-4-6-18-11(10)3-5-14-12/h3-6,8-9H,1-2,7H2,(H,14,15)(H,16,17). The van der Waals surface area contributed by atoms with E-state index >= 15 is 0 Å². The number of nitrogens with zero attached hydrogens (tertiary/aromatic N) is 1. The Morgan fingerprint density at radius 2 is 2.33 bits per heavy atom. The van der Waals surface area contributed by atoms with Crippen LogP contribution >= 0.6 is 11.3 Å². The van der Waals surface area contributed by atoms with Gasteiger partial charge >= 0.3 is 5.97 Å². The van der Waals surface area contributed by atoms with E-state index in [0.717, 1.165) is 24.0 Å². The molecule has 2 aromatic rings. The molecule has 3 rings (SSSR count). The Bertz CT molecular complexity index is 581. The number of aliphatic carboxylic acids is 1. The van der Waals surface area contributed by atoms with E-state index in [4.69, 9.17) is 5.11 Å². The SMILES string of the molecule is O=C(O)C1CCC(Nc2nccc3sccc23)C1. The molecule has 1 saturated carbocycles. The summed E-state index contributed by atoms with van der Waals surface area (Å²) in [5, 5.41) is 15.6. The Balaban J connectivity index is 1.77. The van der Waals surface area contributed by atoms with Crippen LogP contribution in [-0.4, -0.2) is 22.1 Å². The summed E-state index contributed by atoms with van der Waals surface area (Å²) in [6, 6.07) is 4.28. The van der Waals surface area contributed by atoms with Crippen molar-refractivity contribution in [2.45, 2.75) is 25.3 Å². The molecular weight excluding hydrogens is 248 g/mol. The number of nitrogens with one attached hydrogen (secondary N) is 1. The first-order valence-electron chi connectivity index (χ1n) is 6.05. The third-order valence-electron chi connectivity index (χ3n) is 3.50. The molecule has 1 aliphatic carbocycles. The van der Waals surface area contributed by atoms with E-state index in [2.05, 4.69) is 16.4 Å². The van der Waals surface area contributed by atoms with Gasteiger partial charge < -0.3 is 10.4 Å². The van der Waals surface area contributed by atoms with Gasteiger partial charge in [-0.1, -0.05) is 0 Å². The molecule has 2 unspecified atom stereocenters. The van der Waals surface area contributed by atoms with E-state index in [1.807, 2.05) is 11.4 Å². The van der Waals surface area contributed by atoms with Crippen molar-refractivity contribution in [3.8, 4) is 0 Å². The number of hydrogen-bond donors (Lipinski definition) is 2. The van der Waals surface area contributed by atoms with Gasteiger partial charge in [-0.15, -0.1) is 11.3 Å². The van der Waals surface area contributed by atoms with E-state index < -0.39 is 5.97 Å². The molecule has 0 aromatic carbocycles. The maximum absolute atomic E-state index is 10.9. The molecule has 0 saturated heterocycles. The van der Waals surface area contributed by atoms with Crippen LogP contribution in [0.15, 0.2) is 23.7 Å². The molecule has 1 fully saturated rings. The molecule has 2 heterocycles. The van der Waals surface area contributed by atoms with Crippen molar-refractivity contribution in [1.82, 2.24) is 4.98 Å². The summed E-state index contributed by atoms with van der Waals surface area (Å²) in [7, 11) is 0. The quantitative estimate of drug-likeness (QED) is 0.892. The zero-order valence-corrected chi connectivity index (χ0v) is 10.6. The number of anilines is 1. The monoisotopic (exact) mass is 262 g/mol. The maximum Gasteiger partial charge on any atom is 0.306 e. The second-order valence-corrected chi connectivity index (χ2v) is 5.63. The number of fused-ring (bicyclic) bond motifs is 1. The first-order chi connectivity index (χ1) is 8.74. The molecule has 0 bridgehead atoms. The largest absolute Gasteiger partial charge is 0.481 e. The van der Waals surface area contributed by atoms with Gasteiger partial charge in [-0.2, -0.15) is 0 Å². The van der Waals surface area contributed by atoms with Crippen LogP contribution in [0.5, 0.6) is 0 Å². The van der Waals surface area contributed by atoms with Gasteiger partial charge in [0.05, 0.1) is 5.92 Å². The number of thiophene rings is 1. The maximum atomic E-state index is 10.9. The lowest BCUT2D eigenvalue weighted by atomic mass is 10.1. The van der Waals surface area contributed by atoms with E-state index in [-0.39, 0.29) is 12.0 Å². The molecule has 94 valence electrons. The Hall–Kier alpha value is -1.62. The Labute approximate surface area is 109 Å². The molecule has 0 amide bonds. The van der Waals surface area contributed by atoms with Crippen molar-refractivity contribution in [3.05, 3.63) is 23.7 Å². The van der Waals surface area contributed by atoms with E-state index in [0.29, 0.717) is 6.42 Å². The highest BCUT2D eigenvalue weighted by atomic mass is 32.1. The summed E-state index contributed by atoms with van der Waals surface area (Å²) in [6.07, 6.45) is 4.15. The molecule has 0 radical (unpaired) electrons. The van der Waals surface area contributed by atoms with Crippen LogP contribution in [-0.2, 0) is 4.79 Å². The first kappa shape index (κ1) is 11.5. The molecule has 2 atom stereocenters. The average molecular weight is 262 g/mol. The summed E-state index contributed by atoms with van der Waals surface area (Å²) >= 11 is 1.69. The summed E-state index contributed by atoms with van der Waals surface area (Å²) in [4.78, 5) is 15.3. The number of pyridine rings is 1. The van der Waals surface area contributed by atoms with Crippen molar-refractivity contribution in [1.29, 1.82) is 0 Å². The van der Waals surface area contributed by atoms with Crippen LogP contribution < -0.4 is 5.32 Å². The number of carbonyl (C=O) groups is 1. The molecule has 2 N–H and O–H groups in total. The number of carboxylic acids is 1. The highest BCUT2D eigenvalue weighted by molar-refractivity contribution is 7.17. The fraction of sp³-hybridized carbons (Fsp3) is 0.385. The van der Waals surface area contributed by atoms with Crippen molar-refractivity contribution >= 4 is 33.2 Å². The summed E-state index contributed by atoms with van der Waals surface area (Å²) in [5.41, 5.74) is 0. The summed E-state index contributed by atoms with van der Waals surface area (Å²) in [5.74, 6) is -0.00466. The van der Waals surface area contributed by atoms with Crippen molar-refractivity contribution in [3.63, 3.8) is 0 Å². The second kappa shape index (κ2) is 4.57. The van der Waals surface area contributed by atoms with Crippen molar-refractivity contribution < 1.29 is 9.90 Å². The lowest BCUT2D eigenvalue weighted by Gasteiger charge is -2.13. The lowest BCUT2D eigenvalue weighted by molar-refractivity contribution is -0.141. The molecule has 5 heteroatoms. The summed E-state index contributed by atoms with van der Waals surface area (Å²) in [6.45, 7) is 0. The van der Waals surface area contributed by atoms with Crippen molar-refractivity contribution in [2.75, 3.05) is 5.32 Å². The zero-order chi connectivity index (χ0) is 12.5. The average Bonchev–Trinajstić information content (AvgIpc) is 2.97. The smallest absolute Gasteiger partial charge is 0.306 e. The molecule has 4 nitrogen and oxygen atoms in total. The van der Waals surface area contributed by atoms with Crippen LogP contribution in [0.25, 0.3) is 10.1 Å². The molecule has 0 aliphatic heterocycles. The van der Waals surface area contributed by atoms with Gasteiger partial charge in [0.2, 0.25) is 0 Å². The highest BCUT2D eigenvalue weighted by Gasteiger charge is 2.29. The third-order valence-corrected chi connectivity index (χ3v) is 4.38. The van der Waals surface area contributed by atoms with Crippen LogP contribution in [0, 0.1) is 5.92 Å². The molecule has 2 aromatic heterocycles. The van der Waals surface area contributed by atoms with Gasteiger partial charge in [-0.05, 0) is 36.8 Å². The van der Waals surface area contributed by atoms with E-state index in [1.54, 1.807) is 17.5 Å². The van der Waals surface area contributed by atoms with Gasteiger partial charge in [0, 0.05) is 22.3 Å². The molecular formula is C13H14N2O2S. The fourth-order valence-electron chi connectivity index (χ4n) is 2.54. The molecule has 0 spiro atoms. The van der Waals surface area contributed by atoms with Gasteiger partial charge in [-0.25, -0.2) is 4.98 Å². The van der Waals surface area contributed by atoms with Crippen LogP contribution in [0.3, 0.4) is 0 Å². The first-order valence-corrected chi connectivity index (χ1v) is 6.93. The molecule has 18 heavy (non-hydrogen) atoms. The van der Waals surface area contributed by atoms with Gasteiger partial charge in [0.25, 0.3) is 0 Å². The predicted molar refractivity (Wildman–Crippen MR) is 72.0 cm³/mol. The Kier molecular flexibility index (Phi) is 2.91. The van der Waals surface area contributed by atoms with E-state index in [1.165, 1.54) is 4.70 Å². The minimum atomic E-state index is -0.680. The number of aromatic nitrogens is 1. The van der Waals surface area contributed by atoms with E-state index in [9.17, 15) is 4.79 Å². The second-order valence-electron chi connectivity index (χ2n) is 4.68. The summed E-state index contributed by atoms with van der Waals surface area (Å²) < 4.78 is 1.21. The molecule has 1 aliphatic rings. The van der Waals surface area contributed by atoms with Gasteiger partial charge in [-0.3, -0.25) is 4.79 Å². The van der Waals surface area contributed by atoms with Crippen LogP contribution in [0.2, 0.25) is 0 Å². The minimum absolute atomic E-state index is 0.204. The fourth-order valence-corrected chi connectivity index (χ4v) is 3.32. The zero-order valence-electron chi connectivity index (χ0n) is 9.80. The van der Waals surface area contributed by atoms with Crippen LogP contribution in [0.1, 0.15) is 19.3 Å². The van der Waals surface area contributed by atoms with Gasteiger partial charge in [0.1, 0.15) is 5.82 Å². The van der Waals surface area contributed by atoms with Crippen molar-refractivity contribution in [2.24, 2.45) is 5.92 Å². The van der Waals surface area contributed by atoms with Gasteiger partial charge in [0.15, 0.2) is 0 Å². The number of rotatable bonds is 3. The third kappa shape index (κ3) is 2.06. The minimum Gasteiger partial charge on any atom is -0.481 e. The topological polar surface area (TPSA) is 62.2 Å². The van der Waals surface area contributed by atoms with Crippen LogP contribution in [0.4, 0.5) is 5.82 Å². The predicted octanol–water partition coefficient (Wildman–Crippen LogP) is 2.96. The number of carboxylic acid groups (broad SMARTS) is 1. The highest BCUT2D eigenvalue weighted by Crippen LogP contribution is 2.31. The Morgan fingerprint density at radius 3 is 3.11 bits per heavy atom. The number of hydrogen-bond acceptors (Lipinski definition) is 4. The lowest BCUT2D eigenvalue weighted by Crippen LogP contribution is -2.18. The normalized spacial score (nSPS) is 23.3. The Morgan fingerprint density at radius 1 is 1.44 bits per heavy atom.